The third-order valence-corrected chi connectivity index (χ3v) is 5.06. The summed E-state index contributed by atoms with van der Waals surface area (Å²) in [6.07, 6.45) is 3.68. The molecular weight excluding hydrogens is 358 g/mol. The van der Waals surface area contributed by atoms with Crippen molar-refractivity contribution in [3.63, 3.8) is 0 Å². The minimum atomic E-state index is 0.0194. The van der Waals surface area contributed by atoms with Crippen molar-refractivity contribution in [2.24, 2.45) is 5.92 Å². The Labute approximate surface area is 125 Å². The SMILES string of the molecule is Cc1cc(Br)cc(C(=O)NCC2CCCC2Br)c1. The van der Waals surface area contributed by atoms with E-state index in [1.807, 2.05) is 25.1 Å². The van der Waals surface area contributed by atoms with Crippen molar-refractivity contribution in [3.05, 3.63) is 33.8 Å². The molecule has 1 aromatic rings. The molecule has 98 valence electrons. The van der Waals surface area contributed by atoms with Crippen LogP contribution < -0.4 is 5.32 Å². The first kappa shape index (κ1) is 14.1. The summed E-state index contributed by atoms with van der Waals surface area (Å²) in [7, 11) is 0. The number of halogens is 2. The molecule has 2 nitrogen and oxygen atoms in total. The smallest absolute Gasteiger partial charge is 0.251 e. The lowest BCUT2D eigenvalue weighted by Crippen LogP contribution is -2.31. The molecule has 2 rings (SSSR count). The van der Waals surface area contributed by atoms with Gasteiger partial charge in [-0.15, -0.1) is 0 Å². The van der Waals surface area contributed by atoms with E-state index < -0.39 is 0 Å². The summed E-state index contributed by atoms with van der Waals surface area (Å²) in [5, 5.41) is 3.04. The first-order valence-electron chi connectivity index (χ1n) is 6.26. The highest BCUT2D eigenvalue weighted by atomic mass is 79.9. The molecule has 1 amide bonds. The first-order valence-corrected chi connectivity index (χ1v) is 7.96. The Morgan fingerprint density at radius 1 is 1.39 bits per heavy atom. The van der Waals surface area contributed by atoms with Crippen LogP contribution in [0, 0.1) is 12.8 Å². The molecule has 0 bridgehead atoms. The summed E-state index contributed by atoms with van der Waals surface area (Å²) in [5.74, 6) is 0.591. The molecule has 1 saturated carbocycles. The number of rotatable bonds is 3. The van der Waals surface area contributed by atoms with Gasteiger partial charge < -0.3 is 5.32 Å². The lowest BCUT2D eigenvalue weighted by Gasteiger charge is -2.15. The summed E-state index contributed by atoms with van der Waals surface area (Å²) in [6.45, 7) is 2.76. The Kier molecular flexibility index (Phi) is 4.84. The van der Waals surface area contributed by atoms with Gasteiger partial charge >= 0.3 is 0 Å². The molecule has 2 unspecified atom stereocenters. The van der Waals surface area contributed by atoms with E-state index in [2.05, 4.69) is 37.2 Å². The van der Waals surface area contributed by atoms with Crippen molar-refractivity contribution in [2.75, 3.05) is 6.54 Å². The third kappa shape index (κ3) is 3.58. The van der Waals surface area contributed by atoms with Gasteiger partial charge in [-0.05, 0) is 49.4 Å². The highest BCUT2D eigenvalue weighted by Gasteiger charge is 2.25. The summed E-state index contributed by atoms with van der Waals surface area (Å²) >= 11 is 7.10. The highest BCUT2D eigenvalue weighted by molar-refractivity contribution is 9.10. The second kappa shape index (κ2) is 6.20. The van der Waals surface area contributed by atoms with Crippen LogP contribution >= 0.6 is 31.9 Å². The van der Waals surface area contributed by atoms with Crippen molar-refractivity contribution in [1.29, 1.82) is 0 Å². The van der Waals surface area contributed by atoms with Crippen molar-refractivity contribution >= 4 is 37.8 Å². The number of carbonyl (C=O) groups is 1. The quantitative estimate of drug-likeness (QED) is 0.794. The largest absolute Gasteiger partial charge is 0.352 e. The van der Waals surface area contributed by atoms with E-state index in [1.54, 1.807) is 0 Å². The van der Waals surface area contributed by atoms with Crippen molar-refractivity contribution < 1.29 is 4.79 Å². The van der Waals surface area contributed by atoms with Crippen LogP contribution in [0.5, 0.6) is 0 Å². The lowest BCUT2D eigenvalue weighted by molar-refractivity contribution is 0.0947. The number of alkyl halides is 1. The number of hydrogen-bond donors (Lipinski definition) is 1. The maximum atomic E-state index is 12.1. The average Bonchev–Trinajstić information content (AvgIpc) is 2.70. The Balaban J connectivity index is 1.95. The van der Waals surface area contributed by atoms with Gasteiger partial charge in [0.2, 0.25) is 0 Å². The zero-order chi connectivity index (χ0) is 13.1. The van der Waals surface area contributed by atoms with Gasteiger partial charge in [-0.1, -0.05) is 38.3 Å². The Morgan fingerprint density at radius 2 is 2.17 bits per heavy atom. The summed E-state index contributed by atoms with van der Waals surface area (Å²) in [4.78, 5) is 12.6. The summed E-state index contributed by atoms with van der Waals surface area (Å²) < 4.78 is 0.951. The Hall–Kier alpha value is -0.350. The van der Waals surface area contributed by atoms with E-state index >= 15 is 0 Å². The number of hydrogen-bond acceptors (Lipinski definition) is 1. The monoisotopic (exact) mass is 373 g/mol. The van der Waals surface area contributed by atoms with Gasteiger partial charge in [-0.3, -0.25) is 4.79 Å². The molecule has 2 atom stereocenters. The Morgan fingerprint density at radius 3 is 2.78 bits per heavy atom. The maximum absolute atomic E-state index is 12.1. The van der Waals surface area contributed by atoms with Gasteiger partial charge in [0.15, 0.2) is 0 Å². The van der Waals surface area contributed by atoms with Crippen LogP contribution in [-0.4, -0.2) is 17.3 Å². The van der Waals surface area contributed by atoms with Gasteiger partial charge in [0.25, 0.3) is 5.91 Å². The minimum absolute atomic E-state index is 0.0194. The van der Waals surface area contributed by atoms with Gasteiger partial charge in [0.1, 0.15) is 0 Å². The summed E-state index contributed by atoms with van der Waals surface area (Å²) in [5.41, 5.74) is 1.82. The highest BCUT2D eigenvalue weighted by Crippen LogP contribution is 2.30. The van der Waals surface area contributed by atoms with Crippen molar-refractivity contribution in [2.45, 2.75) is 31.0 Å². The van der Waals surface area contributed by atoms with E-state index in [9.17, 15) is 4.79 Å². The van der Waals surface area contributed by atoms with Crippen LogP contribution in [0.3, 0.4) is 0 Å². The fraction of sp³-hybridized carbons (Fsp3) is 0.500. The maximum Gasteiger partial charge on any atom is 0.251 e. The molecule has 4 heteroatoms. The van der Waals surface area contributed by atoms with E-state index in [1.165, 1.54) is 19.3 Å². The topological polar surface area (TPSA) is 29.1 Å². The number of nitrogens with one attached hydrogen (secondary N) is 1. The van der Waals surface area contributed by atoms with Gasteiger partial charge in [-0.25, -0.2) is 0 Å². The molecular formula is C14H17Br2NO. The fourth-order valence-electron chi connectivity index (χ4n) is 2.41. The van der Waals surface area contributed by atoms with Gasteiger partial charge in [-0.2, -0.15) is 0 Å². The first-order chi connectivity index (χ1) is 8.56. The number of benzene rings is 1. The molecule has 1 aliphatic rings. The molecule has 1 aromatic carbocycles. The molecule has 0 radical (unpaired) electrons. The number of aryl methyl sites for hydroxylation is 1. The Bertz CT molecular complexity index is 427. The van der Waals surface area contributed by atoms with Crippen LogP contribution in [-0.2, 0) is 0 Å². The zero-order valence-corrected chi connectivity index (χ0v) is 13.6. The van der Waals surface area contributed by atoms with E-state index in [4.69, 9.17) is 0 Å². The third-order valence-electron chi connectivity index (χ3n) is 3.40. The predicted octanol–water partition coefficient (Wildman–Crippen LogP) is 4.05. The standard InChI is InChI=1S/C14H17Br2NO/c1-9-5-11(7-12(15)6-9)14(18)17-8-10-3-2-4-13(10)16/h5-7,10,13H,2-4,8H2,1H3,(H,17,18). The average molecular weight is 375 g/mol. The molecule has 0 heterocycles. The molecule has 0 aromatic heterocycles. The minimum Gasteiger partial charge on any atom is -0.352 e. The summed E-state index contributed by atoms with van der Waals surface area (Å²) in [6, 6.07) is 5.78. The van der Waals surface area contributed by atoms with Gasteiger partial charge in [0.05, 0.1) is 0 Å². The number of amides is 1. The van der Waals surface area contributed by atoms with Crippen LogP contribution in [0.1, 0.15) is 35.2 Å². The lowest BCUT2D eigenvalue weighted by atomic mass is 10.1. The molecule has 1 aliphatic carbocycles. The second-order valence-electron chi connectivity index (χ2n) is 4.93. The van der Waals surface area contributed by atoms with Crippen molar-refractivity contribution in [3.8, 4) is 0 Å². The molecule has 0 saturated heterocycles. The van der Waals surface area contributed by atoms with Crippen LogP contribution in [0.25, 0.3) is 0 Å². The molecule has 1 N–H and O–H groups in total. The van der Waals surface area contributed by atoms with Gasteiger partial charge in [0, 0.05) is 21.4 Å². The van der Waals surface area contributed by atoms with Crippen LogP contribution in [0.2, 0.25) is 0 Å². The predicted molar refractivity (Wildman–Crippen MR) is 81.3 cm³/mol. The van der Waals surface area contributed by atoms with Crippen LogP contribution in [0.15, 0.2) is 22.7 Å². The van der Waals surface area contributed by atoms with Crippen molar-refractivity contribution in [1.82, 2.24) is 5.32 Å². The van der Waals surface area contributed by atoms with E-state index in [-0.39, 0.29) is 5.91 Å². The van der Waals surface area contributed by atoms with E-state index in [0.29, 0.717) is 10.7 Å². The molecule has 0 aliphatic heterocycles. The second-order valence-corrected chi connectivity index (χ2v) is 7.03. The van der Waals surface area contributed by atoms with E-state index in [0.717, 1.165) is 22.1 Å². The molecule has 18 heavy (non-hydrogen) atoms. The van der Waals surface area contributed by atoms with Crippen LogP contribution in [0.4, 0.5) is 0 Å². The normalized spacial score (nSPS) is 23.1. The zero-order valence-electron chi connectivity index (χ0n) is 10.4. The fourth-order valence-corrected chi connectivity index (χ4v) is 3.80. The molecule has 1 fully saturated rings. The number of carbonyl (C=O) groups excluding carboxylic acids is 1. The molecule has 0 spiro atoms.